The van der Waals surface area contributed by atoms with Crippen molar-refractivity contribution >= 4 is 22.7 Å². The van der Waals surface area contributed by atoms with Crippen LogP contribution in [0.15, 0.2) is 30.5 Å². The van der Waals surface area contributed by atoms with Gasteiger partial charge in [-0.1, -0.05) is 6.07 Å². The number of aromatic amines is 1. The van der Waals surface area contributed by atoms with Gasteiger partial charge in [-0.05, 0) is 30.0 Å². The lowest BCUT2D eigenvalue weighted by Crippen LogP contribution is -2.53. The summed E-state index contributed by atoms with van der Waals surface area (Å²) in [5.41, 5.74) is 1.69. The van der Waals surface area contributed by atoms with Gasteiger partial charge in [-0.15, -0.1) is 0 Å². The molecule has 0 radical (unpaired) electrons. The maximum absolute atomic E-state index is 12.6. The highest BCUT2D eigenvalue weighted by molar-refractivity contribution is 5.98. The molecule has 1 atom stereocenters. The fraction of sp³-hybridized carbons (Fsp3) is 0.375. The number of nitrogens with zero attached hydrogens (tertiary/aromatic N) is 2. The number of amides is 2. The lowest BCUT2D eigenvalue weighted by molar-refractivity contribution is -0.130. The van der Waals surface area contributed by atoms with E-state index in [1.54, 1.807) is 0 Å². The molecule has 2 aliphatic rings. The Labute approximate surface area is 122 Å². The van der Waals surface area contributed by atoms with Gasteiger partial charge >= 0.3 is 0 Å². The molecule has 2 fully saturated rings. The zero-order valence-corrected chi connectivity index (χ0v) is 11.7. The molecule has 5 heteroatoms. The van der Waals surface area contributed by atoms with E-state index >= 15 is 0 Å². The summed E-state index contributed by atoms with van der Waals surface area (Å²) in [7, 11) is 0. The molecule has 2 amide bonds. The average molecular weight is 283 g/mol. The van der Waals surface area contributed by atoms with Crippen LogP contribution < -0.4 is 0 Å². The van der Waals surface area contributed by atoms with Crippen LogP contribution in [0.5, 0.6) is 0 Å². The van der Waals surface area contributed by atoms with Crippen LogP contribution in [0.3, 0.4) is 0 Å². The van der Waals surface area contributed by atoms with Crippen LogP contribution in [0.2, 0.25) is 0 Å². The first kappa shape index (κ1) is 12.4. The Balaban J connectivity index is 1.56. The number of carbonyl (C=O) groups excluding carboxylic acids is 2. The summed E-state index contributed by atoms with van der Waals surface area (Å²) in [5, 5.41) is 1.11. The smallest absolute Gasteiger partial charge is 0.254 e. The molecule has 0 saturated carbocycles. The van der Waals surface area contributed by atoms with Crippen molar-refractivity contribution in [2.75, 3.05) is 19.6 Å². The second-order valence-corrected chi connectivity index (χ2v) is 5.81. The zero-order chi connectivity index (χ0) is 14.4. The molecule has 21 heavy (non-hydrogen) atoms. The van der Waals surface area contributed by atoms with E-state index in [1.165, 1.54) is 0 Å². The van der Waals surface area contributed by atoms with Crippen LogP contribution in [0.1, 0.15) is 23.2 Å². The summed E-state index contributed by atoms with van der Waals surface area (Å²) in [4.78, 5) is 31.3. The average Bonchev–Trinajstić information content (AvgIpc) is 3.12. The van der Waals surface area contributed by atoms with Crippen molar-refractivity contribution in [1.82, 2.24) is 14.8 Å². The summed E-state index contributed by atoms with van der Waals surface area (Å²) < 4.78 is 0. The van der Waals surface area contributed by atoms with Crippen molar-refractivity contribution in [3.05, 3.63) is 36.0 Å². The van der Waals surface area contributed by atoms with Crippen LogP contribution in [0, 0.1) is 0 Å². The molecular formula is C16H17N3O2. The van der Waals surface area contributed by atoms with E-state index in [9.17, 15) is 9.59 Å². The molecule has 108 valence electrons. The topological polar surface area (TPSA) is 56.4 Å². The molecule has 0 aliphatic carbocycles. The maximum Gasteiger partial charge on any atom is 0.254 e. The first-order valence-corrected chi connectivity index (χ1v) is 7.38. The van der Waals surface area contributed by atoms with Crippen LogP contribution >= 0.6 is 0 Å². The first-order valence-electron chi connectivity index (χ1n) is 7.38. The Morgan fingerprint density at radius 3 is 3.05 bits per heavy atom. The van der Waals surface area contributed by atoms with Gasteiger partial charge in [0.15, 0.2) is 0 Å². The van der Waals surface area contributed by atoms with E-state index in [-0.39, 0.29) is 17.9 Å². The number of aromatic nitrogens is 1. The zero-order valence-electron chi connectivity index (χ0n) is 11.7. The van der Waals surface area contributed by atoms with Gasteiger partial charge in [0.2, 0.25) is 5.91 Å². The molecule has 4 rings (SSSR count). The molecule has 1 aromatic carbocycles. The van der Waals surface area contributed by atoms with Gasteiger partial charge in [0.1, 0.15) is 0 Å². The summed E-state index contributed by atoms with van der Waals surface area (Å²) >= 11 is 0. The second-order valence-electron chi connectivity index (χ2n) is 5.81. The molecule has 2 aromatic rings. The highest BCUT2D eigenvalue weighted by Gasteiger charge is 2.36. The lowest BCUT2D eigenvalue weighted by atomic mass is 10.1. The Kier molecular flexibility index (Phi) is 2.74. The molecule has 1 aromatic heterocycles. The third-order valence-electron chi connectivity index (χ3n) is 4.58. The highest BCUT2D eigenvalue weighted by atomic mass is 16.2. The Bertz CT molecular complexity index is 721. The van der Waals surface area contributed by atoms with E-state index in [0.29, 0.717) is 31.6 Å². The largest absolute Gasteiger partial charge is 0.361 e. The van der Waals surface area contributed by atoms with Gasteiger partial charge in [-0.3, -0.25) is 9.59 Å². The van der Waals surface area contributed by atoms with Crippen LogP contribution in [-0.4, -0.2) is 52.3 Å². The van der Waals surface area contributed by atoms with Crippen LogP contribution in [-0.2, 0) is 4.79 Å². The SMILES string of the molecule is O=C(c1ccc2cc[nH]c2c1)N1CCN2C(=O)CCC2C1. The van der Waals surface area contributed by atoms with Gasteiger partial charge < -0.3 is 14.8 Å². The van der Waals surface area contributed by atoms with Crippen molar-refractivity contribution in [3.8, 4) is 0 Å². The molecule has 3 heterocycles. The summed E-state index contributed by atoms with van der Waals surface area (Å²) in [6.45, 7) is 1.96. The van der Waals surface area contributed by atoms with Gasteiger partial charge in [0.05, 0.1) is 0 Å². The lowest BCUT2D eigenvalue weighted by Gasteiger charge is -2.37. The molecule has 5 nitrogen and oxygen atoms in total. The predicted molar refractivity (Wildman–Crippen MR) is 78.9 cm³/mol. The van der Waals surface area contributed by atoms with Crippen molar-refractivity contribution in [2.24, 2.45) is 0 Å². The molecule has 0 spiro atoms. The van der Waals surface area contributed by atoms with Crippen molar-refractivity contribution in [3.63, 3.8) is 0 Å². The summed E-state index contributed by atoms with van der Waals surface area (Å²) in [6.07, 6.45) is 3.38. The molecular weight excluding hydrogens is 266 g/mol. The van der Waals surface area contributed by atoms with E-state index in [4.69, 9.17) is 0 Å². The molecule has 0 bridgehead atoms. The number of fused-ring (bicyclic) bond motifs is 2. The van der Waals surface area contributed by atoms with E-state index in [0.717, 1.165) is 17.3 Å². The van der Waals surface area contributed by atoms with Gasteiger partial charge in [-0.25, -0.2) is 0 Å². The number of piperazine rings is 1. The van der Waals surface area contributed by atoms with Crippen molar-refractivity contribution in [2.45, 2.75) is 18.9 Å². The van der Waals surface area contributed by atoms with Gasteiger partial charge in [0.25, 0.3) is 5.91 Å². The van der Waals surface area contributed by atoms with Crippen molar-refractivity contribution < 1.29 is 9.59 Å². The quantitative estimate of drug-likeness (QED) is 0.864. The number of hydrogen-bond donors (Lipinski definition) is 1. The maximum atomic E-state index is 12.6. The molecule has 1 unspecified atom stereocenters. The fourth-order valence-corrected chi connectivity index (χ4v) is 3.41. The number of carbonyl (C=O) groups is 2. The fourth-order valence-electron chi connectivity index (χ4n) is 3.41. The normalized spacial score (nSPS) is 21.9. The number of rotatable bonds is 1. The molecule has 1 N–H and O–H groups in total. The first-order chi connectivity index (χ1) is 10.2. The second kappa shape index (κ2) is 4.62. The Hall–Kier alpha value is -2.30. The predicted octanol–water partition coefficient (Wildman–Crippen LogP) is 1.61. The third kappa shape index (κ3) is 2.00. The number of H-pyrrole nitrogens is 1. The minimum Gasteiger partial charge on any atom is -0.361 e. The molecule has 2 aliphatic heterocycles. The van der Waals surface area contributed by atoms with Gasteiger partial charge in [-0.2, -0.15) is 0 Å². The highest BCUT2D eigenvalue weighted by Crippen LogP contribution is 2.24. The third-order valence-corrected chi connectivity index (χ3v) is 4.58. The van der Waals surface area contributed by atoms with E-state index in [1.807, 2.05) is 40.3 Å². The standard InChI is InChI=1S/C16H17N3O2/c20-15-4-3-13-10-18(7-8-19(13)15)16(21)12-2-1-11-5-6-17-14(11)9-12/h1-2,5-6,9,13,17H,3-4,7-8,10H2. The summed E-state index contributed by atoms with van der Waals surface area (Å²) in [6, 6.07) is 7.96. The Morgan fingerprint density at radius 1 is 1.24 bits per heavy atom. The summed E-state index contributed by atoms with van der Waals surface area (Å²) in [5.74, 6) is 0.297. The van der Waals surface area contributed by atoms with Crippen LogP contribution in [0.4, 0.5) is 0 Å². The number of hydrogen-bond acceptors (Lipinski definition) is 2. The monoisotopic (exact) mass is 283 g/mol. The molecule has 2 saturated heterocycles. The van der Waals surface area contributed by atoms with Crippen LogP contribution in [0.25, 0.3) is 10.9 Å². The van der Waals surface area contributed by atoms with E-state index in [2.05, 4.69) is 4.98 Å². The minimum absolute atomic E-state index is 0.0606. The number of nitrogens with one attached hydrogen (secondary N) is 1. The Morgan fingerprint density at radius 2 is 2.14 bits per heavy atom. The van der Waals surface area contributed by atoms with Gasteiger partial charge in [0, 0.05) is 49.4 Å². The minimum atomic E-state index is 0.0606. The number of benzene rings is 1. The van der Waals surface area contributed by atoms with E-state index < -0.39 is 0 Å². The van der Waals surface area contributed by atoms with Crippen molar-refractivity contribution in [1.29, 1.82) is 0 Å².